The number of carbonyl (C=O) groups is 1. The van der Waals surface area contributed by atoms with Gasteiger partial charge in [-0.15, -0.1) is 0 Å². The van der Waals surface area contributed by atoms with Crippen molar-refractivity contribution in [2.45, 2.75) is 24.7 Å². The Labute approximate surface area is 147 Å². The Morgan fingerprint density at radius 2 is 1.84 bits per heavy atom. The Kier molecular flexibility index (Phi) is 4.10. The van der Waals surface area contributed by atoms with Crippen molar-refractivity contribution in [2.24, 2.45) is 0 Å². The lowest BCUT2D eigenvalue weighted by Crippen LogP contribution is -2.45. The molecule has 2 aromatic carbocycles. The van der Waals surface area contributed by atoms with Crippen LogP contribution in [-0.2, 0) is 5.41 Å². The van der Waals surface area contributed by atoms with Gasteiger partial charge in [0.15, 0.2) is 0 Å². The largest absolute Gasteiger partial charge is 0.351 e. The van der Waals surface area contributed by atoms with Crippen molar-refractivity contribution in [3.8, 4) is 5.69 Å². The minimum absolute atomic E-state index is 0.0145. The third kappa shape index (κ3) is 3.07. The molecule has 25 heavy (non-hydrogen) atoms. The number of imidazole rings is 1. The fraction of sp³-hybridized carbons (Fsp3) is 0.238. The summed E-state index contributed by atoms with van der Waals surface area (Å²) in [4.78, 5) is 16.6. The lowest BCUT2D eigenvalue weighted by molar-refractivity contribution is 0.0928. The molecule has 1 N–H and O–H groups in total. The average Bonchev–Trinajstić information content (AvgIpc) is 3.16. The lowest BCUT2D eigenvalue weighted by atomic mass is 9.64. The van der Waals surface area contributed by atoms with Crippen LogP contribution in [0, 0.1) is 0 Å². The van der Waals surface area contributed by atoms with Gasteiger partial charge in [-0.2, -0.15) is 0 Å². The monoisotopic (exact) mass is 331 g/mol. The van der Waals surface area contributed by atoms with E-state index in [2.05, 4.69) is 34.6 Å². The van der Waals surface area contributed by atoms with Gasteiger partial charge in [0.1, 0.15) is 0 Å². The standard InChI is InChI=1S/C21H21N3O/c25-20(17-7-9-19(10-8-17)24-14-13-22-16-24)23-15-21(11-4-12-21)18-5-2-1-3-6-18/h1-3,5-10,13-14,16H,4,11-12,15H2,(H,23,25). The Morgan fingerprint density at radius 3 is 2.44 bits per heavy atom. The number of hydrogen-bond acceptors (Lipinski definition) is 2. The van der Waals surface area contributed by atoms with Gasteiger partial charge >= 0.3 is 0 Å². The van der Waals surface area contributed by atoms with E-state index in [0.29, 0.717) is 12.1 Å². The van der Waals surface area contributed by atoms with E-state index in [9.17, 15) is 4.79 Å². The molecule has 1 heterocycles. The van der Waals surface area contributed by atoms with Gasteiger partial charge in [-0.1, -0.05) is 36.8 Å². The number of aromatic nitrogens is 2. The number of rotatable bonds is 5. The number of nitrogens with zero attached hydrogens (tertiary/aromatic N) is 2. The highest BCUT2D eigenvalue weighted by atomic mass is 16.1. The highest BCUT2D eigenvalue weighted by Gasteiger charge is 2.38. The maximum Gasteiger partial charge on any atom is 0.251 e. The summed E-state index contributed by atoms with van der Waals surface area (Å²) in [5, 5.41) is 3.14. The van der Waals surface area contributed by atoms with E-state index < -0.39 is 0 Å². The number of amides is 1. The fourth-order valence-corrected chi connectivity index (χ4v) is 3.51. The zero-order valence-corrected chi connectivity index (χ0v) is 14.1. The number of carbonyl (C=O) groups excluding carboxylic acids is 1. The number of hydrogen-bond donors (Lipinski definition) is 1. The van der Waals surface area contributed by atoms with Crippen molar-refractivity contribution >= 4 is 5.91 Å². The molecule has 1 amide bonds. The van der Waals surface area contributed by atoms with Gasteiger partial charge in [0.2, 0.25) is 0 Å². The second-order valence-electron chi connectivity index (χ2n) is 6.70. The minimum atomic E-state index is -0.0145. The molecule has 0 unspecified atom stereocenters. The molecule has 0 aliphatic heterocycles. The van der Waals surface area contributed by atoms with Crippen LogP contribution < -0.4 is 5.32 Å². The van der Waals surface area contributed by atoms with Crippen LogP contribution in [0.5, 0.6) is 0 Å². The maximum atomic E-state index is 12.5. The highest BCUT2D eigenvalue weighted by Crippen LogP contribution is 2.43. The van der Waals surface area contributed by atoms with Gasteiger partial charge in [-0.25, -0.2) is 4.98 Å². The fourth-order valence-electron chi connectivity index (χ4n) is 3.51. The molecule has 4 rings (SSSR count). The first-order valence-electron chi connectivity index (χ1n) is 8.69. The highest BCUT2D eigenvalue weighted by molar-refractivity contribution is 5.94. The first kappa shape index (κ1) is 15.6. The molecular weight excluding hydrogens is 310 g/mol. The Balaban J connectivity index is 1.43. The summed E-state index contributed by atoms with van der Waals surface area (Å²) in [5.41, 5.74) is 3.12. The summed E-state index contributed by atoms with van der Waals surface area (Å²) in [5.74, 6) is -0.0145. The molecule has 0 radical (unpaired) electrons. The van der Waals surface area contributed by atoms with E-state index in [0.717, 1.165) is 18.5 Å². The van der Waals surface area contributed by atoms with Crippen molar-refractivity contribution < 1.29 is 4.79 Å². The molecule has 3 aromatic rings. The Bertz CT molecular complexity index is 835. The van der Waals surface area contributed by atoms with Crippen LogP contribution in [-0.4, -0.2) is 22.0 Å². The van der Waals surface area contributed by atoms with Crippen molar-refractivity contribution in [3.63, 3.8) is 0 Å². The van der Waals surface area contributed by atoms with Gasteiger partial charge in [-0.05, 0) is 42.7 Å². The maximum absolute atomic E-state index is 12.5. The summed E-state index contributed by atoms with van der Waals surface area (Å²) in [6.45, 7) is 0.694. The van der Waals surface area contributed by atoms with Gasteiger partial charge in [0.05, 0.1) is 6.33 Å². The van der Waals surface area contributed by atoms with Crippen LogP contribution in [0.4, 0.5) is 0 Å². The van der Waals surface area contributed by atoms with Crippen molar-refractivity contribution in [2.75, 3.05) is 6.54 Å². The van der Waals surface area contributed by atoms with Gasteiger partial charge in [0, 0.05) is 35.6 Å². The smallest absolute Gasteiger partial charge is 0.251 e. The molecule has 1 aliphatic rings. The number of nitrogens with one attached hydrogen (secondary N) is 1. The zero-order valence-electron chi connectivity index (χ0n) is 14.1. The molecule has 1 saturated carbocycles. The van der Waals surface area contributed by atoms with Gasteiger partial charge in [0.25, 0.3) is 5.91 Å². The first-order valence-corrected chi connectivity index (χ1v) is 8.69. The van der Waals surface area contributed by atoms with E-state index in [1.807, 2.05) is 41.1 Å². The van der Waals surface area contributed by atoms with Gasteiger partial charge in [-0.3, -0.25) is 4.79 Å². The normalized spacial score (nSPS) is 15.4. The molecular formula is C21H21N3O. The molecule has 126 valence electrons. The van der Waals surface area contributed by atoms with E-state index in [4.69, 9.17) is 0 Å². The molecule has 0 atom stereocenters. The third-order valence-electron chi connectivity index (χ3n) is 5.22. The van der Waals surface area contributed by atoms with E-state index in [-0.39, 0.29) is 11.3 Å². The predicted molar refractivity (Wildman–Crippen MR) is 97.9 cm³/mol. The molecule has 4 nitrogen and oxygen atoms in total. The molecule has 0 bridgehead atoms. The molecule has 1 aliphatic carbocycles. The van der Waals surface area contributed by atoms with Crippen molar-refractivity contribution in [1.82, 2.24) is 14.9 Å². The van der Waals surface area contributed by atoms with E-state index >= 15 is 0 Å². The van der Waals surface area contributed by atoms with Crippen LogP contribution in [0.3, 0.4) is 0 Å². The molecule has 0 spiro atoms. The summed E-state index contributed by atoms with van der Waals surface area (Å²) < 4.78 is 1.92. The first-order chi connectivity index (χ1) is 12.3. The van der Waals surface area contributed by atoms with Crippen molar-refractivity contribution in [1.29, 1.82) is 0 Å². The Hall–Kier alpha value is -2.88. The van der Waals surface area contributed by atoms with Crippen LogP contribution in [0.2, 0.25) is 0 Å². The third-order valence-corrected chi connectivity index (χ3v) is 5.22. The van der Waals surface area contributed by atoms with E-state index in [1.54, 1.807) is 12.5 Å². The van der Waals surface area contributed by atoms with Crippen molar-refractivity contribution in [3.05, 3.63) is 84.4 Å². The summed E-state index contributed by atoms with van der Waals surface area (Å²) in [6.07, 6.45) is 8.87. The topological polar surface area (TPSA) is 46.9 Å². The van der Waals surface area contributed by atoms with Gasteiger partial charge < -0.3 is 9.88 Å². The molecule has 4 heteroatoms. The number of benzene rings is 2. The van der Waals surface area contributed by atoms with Crippen LogP contribution in [0.25, 0.3) is 5.69 Å². The summed E-state index contributed by atoms with van der Waals surface area (Å²) in [6, 6.07) is 18.1. The lowest BCUT2D eigenvalue weighted by Gasteiger charge is -2.42. The van der Waals surface area contributed by atoms with E-state index in [1.165, 1.54) is 12.0 Å². The molecule has 0 saturated heterocycles. The second-order valence-corrected chi connectivity index (χ2v) is 6.70. The SMILES string of the molecule is O=C(NCC1(c2ccccc2)CCC1)c1ccc(-n2ccnc2)cc1. The molecule has 1 aromatic heterocycles. The minimum Gasteiger partial charge on any atom is -0.351 e. The molecule has 1 fully saturated rings. The average molecular weight is 331 g/mol. The van der Waals surface area contributed by atoms with Crippen LogP contribution in [0.1, 0.15) is 35.2 Å². The predicted octanol–water partition coefficient (Wildman–Crippen LogP) is 3.72. The van der Waals surface area contributed by atoms with Crippen LogP contribution in [0.15, 0.2) is 73.3 Å². The zero-order chi connectivity index (χ0) is 17.1. The quantitative estimate of drug-likeness (QED) is 0.774. The summed E-state index contributed by atoms with van der Waals surface area (Å²) in [7, 11) is 0. The second kappa shape index (κ2) is 6.55. The van der Waals surface area contributed by atoms with Crippen LogP contribution >= 0.6 is 0 Å². The summed E-state index contributed by atoms with van der Waals surface area (Å²) >= 11 is 0. The Morgan fingerprint density at radius 1 is 1.08 bits per heavy atom.